The van der Waals surface area contributed by atoms with E-state index in [9.17, 15) is 18.8 Å². The second-order valence-corrected chi connectivity index (χ2v) is 7.14. The van der Waals surface area contributed by atoms with E-state index in [2.05, 4.69) is 10.6 Å². The average Bonchev–Trinajstić information content (AvgIpc) is 3.09. The second kappa shape index (κ2) is 8.18. The largest absolute Gasteiger partial charge is 0.448 e. The SMILES string of the molecule is CC(=O)Nc1ccc(NC(=O)[C@@H](C)OC(=O)c2cc3c(F)cccc3s2)cc1. The molecule has 0 saturated heterocycles. The molecule has 1 heterocycles. The summed E-state index contributed by atoms with van der Waals surface area (Å²) in [6.07, 6.45) is -1.04. The fraction of sp³-hybridized carbons (Fsp3) is 0.150. The van der Waals surface area contributed by atoms with Crippen LogP contribution < -0.4 is 10.6 Å². The smallest absolute Gasteiger partial charge is 0.349 e. The number of thiophene rings is 1. The number of amides is 2. The number of ether oxygens (including phenoxy) is 1. The minimum Gasteiger partial charge on any atom is -0.448 e. The topological polar surface area (TPSA) is 84.5 Å². The Morgan fingerprint density at radius 2 is 1.68 bits per heavy atom. The molecule has 2 amide bonds. The lowest BCUT2D eigenvalue weighted by atomic mass is 10.2. The van der Waals surface area contributed by atoms with Crippen LogP contribution in [0.5, 0.6) is 0 Å². The summed E-state index contributed by atoms with van der Waals surface area (Å²) >= 11 is 1.10. The number of benzene rings is 2. The van der Waals surface area contributed by atoms with Crippen molar-refractivity contribution in [2.24, 2.45) is 0 Å². The number of halogens is 1. The van der Waals surface area contributed by atoms with E-state index in [1.54, 1.807) is 36.4 Å². The van der Waals surface area contributed by atoms with Crippen LogP contribution in [0.2, 0.25) is 0 Å². The molecule has 2 N–H and O–H groups in total. The third-order valence-electron chi connectivity index (χ3n) is 3.84. The molecule has 0 aliphatic carbocycles. The van der Waals surface area contributed by atoms with Gasteiger partial charge in [0, 0.05) is 28.4 Å². The van der Waals surface area contributed by atoms with Crippen LogP contribution >= 0.6 is 11.3 Å². The number of carbonyl (C=O) groups is 3. The van der Waals surface area contributed by atoms with Gasteiger partial charge in [0.15, 0.2) is 6.10 Å². The zero-order valence-corrected chi connectivity index (χ0v) is 15.9. The van der Waals surface area contributed by atoms with Crippen LogP contribution in [0.4, 0.5) is 15.8 Å². The molecule has 8 heteroatoms. The highest BCUT2D eigenvalue weighted by molar-refractivity contribution is 7.20. The molecule has 3 rings (SSSR count). The summed E-state index contributed by atoms with van der Waals surface area (Å²) in [5.41, 5.74) is 1.09. The Morgan fingerprint density at radius 1 is 1.04 bits per heavy atom. The lowest BCUT2D eigenvalue weighted by Crippen LogP contribution is -2.29. The number of fused-ring (bicyclic) bond motifs is 1. The highest BCUT2D eigenvalue weighted by atomic mass is 32.1. The van der Waals surface area contributed by atoms with Gasteiger partial charge in [0.2, 0.25) is 5.91 Å². The van der Waals surface area contributed by atoms with Crippen LogP contribution in [0.25, 0.3) is 10.1 Å². The van der Waals surface area contributed by atoms with Gasteiger partial charge in [-0.05, 0) is 49.4 Å². The minimum atomic E-state index is -1.04. The molecule has 0 aliphatic rings. The summed E-state index contributed by atoms with van der Waals surface area (Å²) in [6, 6.07) is 12.5. The number of anilines is 2. The zero-order chi connectivity index (χ0) is 20.3. The van der Waals surface area contributed by atoms with Crippen molar-refractivity contribution in [3.05, 3.63) is 59.2 Å². The summed E-state index contributed by atoms with van der Waals surface area (Å²) in [6.45, 7) is 2.85. The first-order valence-electron chi connectivity index (χ1n) is 8.41. The molecule has 0 aliphatic heterocycles. The first kappa shape index (κ1) is 19.5. The van der Waals surface area contributed by atoms with Crippen molar-refractivity contribution in [1.82, 2.24) is 0 Å². The summed E-state index contributed by atoms with van der Waals surface area (Å²) in [5.74, 6) is -1.81. The number of carbonyl (C=O) groups excluding carboxylic acids is 3. The molecule has 1 atom stereocenters. The summed E-state index contributed by atoms with van der Waals surface area (Å²) in [4.78, 5) is 35.8. The molecule has 0 saturated carbocycles. The van der Waals surface area contributed by atoms with Gasteiger partial charge in [-0.1, -0.05) is 6.07 Å². The van der Waals surface area contributed by atoms with E-state index in [0.29, 0.717) is 21.5 Å². The van der Waals surface area contributed by atoms with Gasteiger partial charge in [0.05, 0.1) is 0 Å². The third-order valence-corrected chi connectivity index (χ3v) is 4.92. The van der Waals surface area contributed by atoms with E-state index in [1.807, 2.05) is 0 Å². The fourth-order valence-electron chi connectivity index (χ4n) is 2.48. The van der Waals surface area contributed by atoms with Crippen molar-refractivity contribution in [1.29, 1.82) is 0 Å². The van der Waals surface area contributed by atoms with Gasteiger partial charge in [-0.3, -0.25) is 9.59 Å². The molecule has 1 aromatic heterocycles. The van der Waals surface area contributed by atoms with Gasteiger partial charge in [0.1, 0.15) is 10.7 Å². The maximum absolute atomic E-state index is 13.8. The predicted molar refractivity (Wildman–Crippen MR) is 106 cm³/mol. The van der Waals surface area contributed by atoms with E-state index in [-0.39, 0.29) is 10.8 Å². The Balaban J connectivity index is 1.62. The van der Waals surface area contributed by atoms with E-state index in [0.717, 1.165) is 11.3 Å². The van der Waals surface area contributed by atoms with Gasteiger partial charge in [-0.25, -0.2) is 9.18 Å². The molecule has 3 aromatic rings. The number of nitrogens with one attached hydrogen (secondary N) is 2. The number of rotatable bonds is 5. The number of hydrogen-bond acceptors (Lipinski definition) is 5. The first-order valence-corrected chi connectivity index (χ1v) is 9.22. The van der Waals surface area contributed by atoms with Crippen molar-refractivity contribution in [3.63, 3.8) is 0 Å². The molecule has 0 bridgehead atoms. The average molecular weight is 400 g/mol. The van der Waals surface area contributed by atoms with Crippen molar-refractivity contribution in [2.45, 2.75) is 20.0 Å². The summed E-state index contributed by atoms with van der Waals surface area (Å²) in [5, 5.41) is 5.59. The van der Waals surface area contributed by atoms with Crippen LogP contribution in [0, 0.1) is 5.82 Å². The standard InChI is InChI=1S/C20H17FN2O4S/c1-11(19(25)23-14-8-6-13(7-9-14)22-12(2)24)27-20(26)18-10-15-16(21)4-3-5-17(15)28-18/h3-11H,1-2H3,(H,22,24)(H,23,25)/t11-/m1/s1. The monoisotopic (exact) mass is 400 g/mol. The maximum Gasteiger partial charge on any atom is 0.349 e. The lowest BCUT2D eigenvalue weighted by Gasteiger charge is -2.13. The highest BCUT2D eigenvalue weighted by Gasteiger charge is 2.21. The van der Waals surface area contributed by atoms with Crippen molar-refractivity contribution >= 4 is 50.6 Å². The molecule has 2 aromatic carbocycles. The maximum atomic E-state index is 13.8. The molecule has 144 valence electrons. The predicted octanol–water partition coefficient (Wildman–Crippen LogP) is 4.18. The molecule has 0 spiro atoms. The van der Waals surface area contributed by atoms with Crippen LogP contribution in [0.3, 0.4) is 0 Å². The Labute approximate surface area is 164 Å². The molecular weight excluding hydrogens is 383 g/mol. The van der Waals surface area contributed by atoms with Gasteiger partial charge < -0.3 is 15.4 Å². The fourth-order valence-corrected chi connectivity index (χ4v) is 3.44. The van der Waals surface area contributed by atoms with Gasteiger partial charge in [-0.2, -0.15) is 0 Å². The van der Waals surface area contributed by atoms with E-state index < -0.39 is 23.8 Å². The van der Waals surface area contributed by atoms with E-state index >= 15 is 0 Å². The molecule has 0 unspecified atom stereocenters. The normalized spacial score (nSPS) is 11.7. The quantitative estimate of drug-likeness (QED) is 0.629. The Bertz CT molecular complexity index is 1050. The van der Waals surface area contributed by atoms with Crippen molar-refractivity contribution in [2.75, 3.05) is 10.6 Å². The number of esters is 1. The molecule has 0 radical (unpaired) electrons. The van der Waals surface area contributed by atoms with Crippen molar-refractivity contribution < 1.29 is 23.5 Å². The first-order chi connectivity index (χ1) is 13.3. The molecule has 6 nitrogen and oxygen atoms in total. The zero-order valence-electron chi connectivity index (χ0n) is 15.1. The van der Waals surface area contributed by atoms with Crippen molar-refractivity contribution in [3.8, 4) is 0 Å². The van der Waals surface area contributed by atoms with Crippen LogP contribution in [0.15, 0.2) is 48.5 Å². The van der Waals surface area contributed by atoms with Crippen LogP contribution in [-0.2, 0) is 14.3 Å². The number of hydrogen-bond donors (Lipinski definition) is 2. The molecule has 28 heavy (non-hydrogen) atoms. The van der Waals surface area contributed by atoms with Crippen LogP contribution in [-0.4, -0.2) is 23.9 Å². The Hall–Kier alpha value is -3.26. The highest BCUT2D eigenvalue weighted by Crippen LogP contribution is 2.28. The van der Waals surface area contributed by atoms with Crippen LogP contribution in [0.1, 0.15) is 23.5 Å². The summed E-state index contributed by atoms with van der Waals surface area (Å²) in [7, 11) is 0. The third kappa shape index (κ3) is 4.52. The van der Waals surface area contributed by atoms with E-state index in [1.165, 1.54) is 26.0 Å². The second-order valence-electron chi connectivity index (χ2n) is 6.06. The van der Waals surface area contributed by atoms with E-state index in [4.69, 9.17) is 4.74 Å². The Kier molecular flexibility index (Phi) is 5.70. The minimum absolute atomic E-state index is 0.196. The van der Waals surface area contributed by atoms with Gasteiger partial charge in [-0.15, -0.1) is 11.3 Å². The lowest BCUT2D eigenvalue weighted by molar-refractivity contribution is -0.123. The van der Waals surface area contributed by atoms with Gasteiger partial charge in [0.25, 0.3) is 5.91 Å². The Morgan fingerprint density at radius 3 is 2.29 bits per heavy atom. The summed E-state index contributed by atoms with van der Waals surface area (Å²) < 4.78 is 19.6. The van der Waals surface area contributed by atoms with Gasteiger partial charge >= 0.3 is 5.97 Å². The molecule has 0 fully saturated rings. The molecular formula is C20H17FN2O4S.